The van der Waals surface area contributed by atoms with Crippen molar-refractivity contribution in [1.82, 2.24) is 10.2 Å². The van der Waals surface area contributed by atoms with E-state index < -0.39 is 0 Å². The number of hydrogen-bond donors (Lipinski definition) is 1. The highest BCUT2D eigenvalue weighted by atomic mass is 15.3. The first-order chi connectivity index (χ1) is 10.3. The first-order valence-corrected chi connectivity index (χ1v) is 9.74. The fourth-order valence-electron chi connectivity index (χ4n) is 4.10. The molecule has 0 aromatic heterocycles. The SMILES string of the molecule is CCCCCCCCN1CC(C2CC2)NCC1(CC)CC. The maximum absolute atomic E-state index is 3.88. The van der Waals surface area contributed by atoms with E-state index in [0.717, 1.165) is 12.0 Å². The van der Waals surface area contributed by atoms with Gasteiger partial charge in [-0.2, -0.15) is 0 Å². The van der Waals surface area contributed by atoms with E-state index in [2.05, 4.69) is 31.0 Å². The zero-order valence-electron chi connectivity index (χ0n) is 14.8. The second-order valence-corrected chi connectivity index (χ2v) is 7.47. The van der Waals surface area contributed by atoms with Crippen molar-refractivity contribution < 1.29 is 0 Å². The van der Waals surface area contributed by atoms with Gasteiger partial charge >= 0.3 is 0 Å². The number of nitrogens with zero attached hydrogens (tertiary/aromatic N) is 1. The molecule has 0 radical (unpaired) electrons. The number of nitrogens with one attached hydrogen (secondary N) is 1. The monoisotopic (exact) mass is 294 g/mol. The van der Waals surface area contributed by atoms with Crippen LogP contribution in [0.2, 0.25) is 0 Å². The summed E-state index contributed by atoms with van der Waals surface area (Å²) in [5, 5.41) is 3.88. The highest BCUT2D eigenvalue weighted by Gasteiger charge is 2.42. The van der Waals surface area contributed by atoms with Crippen LogP contribution in [0.15, 0.2) is 0 Å². The van der Waals surface area contributed by atoms with Gasteiger partial charge in [-0.1, -0.05) is 52.9 Å². The van der Waals surface area contributed by atoms with E-state index in [4.69, 9.17) is 0 Å². The Hall–Kier alpha value is -0.0800. The van der Waals surface area contributed by atoms with Crippen LogP contribution in [-0.2, 0) is 0 Å². The Balaban J connectivity index is 1.78. The van der Waals surface area contributed by atoms with E-state index in [1.165, 1.54) is 83.8 Å². The van der Waals surface area contributed by atoms with E-state index in [9.17, 15) is 0 Å². The van der Waals surface area contributed by atoms with E-state index in [-0.39, 0.29) is 0 Å². The summed E-state index contributed by atoms with van der Waals surface area (Å²) in [6.07, 6.45) is 14.0. The summed E-state index contributed by atoms with van der Waals surface area (Å²) in [6.45, 7) is 10.9. The van der Waals surface area contributed by atoms with Crippen LogP contribution < -0.4 is 5.32 Å². The van der Waals surface area contributed by atoms with E-state index in [0.29, 0.717) is 5.54 Å². The lowest BCUT2D eigenvalue weighted by Crippen LogP contribution is -2.64. The predicted octanol–water partition coefficient (Wildman–Crippen LogP) is 4.59. The Labute approximate surface area is 133 Å². The van der Waals surface area contributed by atoms with Crippen molar-refractivity contribution in [2.45, 2.75) is 96.6 Å². The third-order valence-electron chi connectivity index (χ3n) is 6.07. The molecule has 21 heavy (non-hydrogen) atoms. The molecule has 1 saturated heterocycles. The molecule has 1 aliphatic carbocycles. The van der Waals surface area contributed by atoms with Gasteiger partial charge in [0.25, 0.3) is 0 Å². The minimum atomic E-state index is 0.439. The average Bonchev–Trinajstić information content (AvgIpc) is 3.35. The molecule has 2 aliphatic rings. The topological polar surface area (TPSA) is 15.3 Å². The van der Waals surface area contributed by atoms with Gasteiger partial charge in [0, 0.05) is 24.7 Å². The summed E-state index contributed by atoms with van der Waals surface area (Å²) < 4.78 is 0. The molecule has 2 fully saturated rings. The molecule has 1 saturated carbocycles. The van der Waals surface area contributed by atoms with Gasteiger partial charge in [-0.25, -0.2) is 0 Å². The lowest BCUT2D eigenvalue weighted by molar-refractivity contribution is 0.0258. The Morgan fingerprint density at radius 2 is 1.62 bits per heavy atom. The molecule has 2 rings (SSSR count). The van der Waals surface area contributed by atoms with Crippen LogP contribution in [0, 0.1) is 5.92 Å². The Morgan fingerprint density at radius 1 is 0.952 bits per heavy atom. The molecule has 0 aromatic carbocycles. The molecule has 0 spiro atoms. The van der Waals surface area contributed by atoms with Crippen LogP contribution in [0.25, 0.3) is 0 Å². The normalized spacial score (nSPS) is 26.1. The zero-order chi connectivity index (χ0) is 15.1. The maximum atomic E-state index is 3.88. The van der Waals surface area contributed by atoms with Gasteiger partial charge in [-0.3, -0.25) is 4.90 Å². The third-order valence-corrected chi connectivity index (χ3v) is 6.07. The Bertz CT molecular complexity index is 281. The summed E-state index contributed by atoms with van der Waals surface area (Å²) in [7, 11) is 0. The van der Waals surface area contributed by atoms with Gasteiger partial charge in [-0.15, -0.1) is 0 Å². The zero-order valence-corrected chi connectivity index (χ0v) is 14.8. The molecule has 0 amide bonds. The Kier molecular flexibility index (Phi) is 7.01. The van der Waals surface area contributed by atoms with Crippen LogP contribution >= 0.6 is 0 Å². The molecule has 2 heteroatoms. The summed E-state index contributed by atoms with van der Waals surface area (Å²) in [5.74, 6) is 0.990. The number of unbranched alkanes of at least 4 members (excludes halogenated alkanes) is 5. The van der Waals surface area contributed by atoms with Gasteiger partial charge in [0.05, 0.1) is 0 Å². The van der Waals surface area contributed by atoms with Crippen molar-refractivity contribution in [2.75, 3.05) is 19.6 Å². The lowest BCUT2D eigenvalue weighted by atomic mass is 9.86. The summed E-state index contributed by atoms with van der Waals surface area (Å²) in [4.78, 5) is 2.87. The average molecular weight is 295 g/mol. The minimum Gasteiger partial charge on any atom is -0.311 e. The quantitative estimate of drug-likeness (QED) is 0.593. The summed E-state index contributed by atoms with van der Waals surface area (Å²) >= 11 is 0. The van der Waals surface area contributed by atoms with Crippen molar-refractivity contribution in [3.05, 3.63) is 0 Å². The highest BCUT2D eigenvalue weighted by Crippen LogP contribution is 2.37. The third kappa shape index (κ3) is 4.69. The van der Waals surface area contributed by atoms with Crippen LogP contribution in [0.4, 0.5) is 0 Å². The van der Waals surface area contributed by atoms with E-state index >= 15 is 0 Å². The van der Waals surface area contributed by atoms with Gasteiger partial charge < -0.3 is 5.32 Å². The van der Waals surface area contributed by atoms with Gasteiger partial charge in [0.15, 0.2) is 0 Å². The minimum absolute atomic E-state index is 0.439. The smallest absolute Gasteiger partial charge is 0.0329 e. The first-order valence-electron chi connectivity index (χ1n) is 9.74. The van der Waals surface area contributed by atoms with Crippen molar-refractivity contribution in [3.8, 4) is 0 Å². The second-order valence-electron chi connectivity index (χ2n) is 7.47. The van der Waals surface area contributed by atoms with Crippen molar-refractivity contribution in [1.29, 1.82) is 0 Å². The van der Waals surface area contributed by atoms with Crippen LogP contribution in [-0.4, -0.2) is 36.1 Å². The van der Waals surface area contributed by atoms with Crippen LogP contribution in [0.5, 0.6) is 0 Å². The molecular formula is C19H38N2. The van der Waals surface area contributed by atoms with Crippen molar-refractivity contribution in [3.63, 3.8) is 0 Å². The standard InChI is InChI=1S/C19H38N2/c1-4-7-8-9-10-11-14-21-15-18(17-12-13-17)20-16-19(21,5-2)6-3/h17-18,20H,4-16H2,1-3H3. The predicted molar refractivity (Wildman–Crippen MR) is 92.8 cm³/mol. The molecule has 1 unspecified atom stereocenters. The molecule has 1 heterocycles. The Morgan fingerprint density at radius 3 is 2.24 bits per heavy atom. The van der Waals surface area contributed by atoms with Crippen LogP contribution in [0.1, 0.15) is 85.0 Å². The largest absolute Gasteiger partial charge is 0.311 e. The lowest BCUT2D eigenvalue weighted by Gasteiger charge is -2.50. The number of rotatable bonds is 10. The molecule has 1 aliphatic heterocycles. The van der Waals surface area contributed by atoms with Crippen molar-refractivity contribution in [2.24, 2.45) is 5.92 Å². The summed E-state index contributed by atoms with van der Waals surface area (Å²) in [5.41, 5.74) is 0.439. The van der Waals surface area contributed by atoms with Crippen molar-refractivity contribution >= 4 is 0 Å². The molecule has 0 aromatic rings. The van der Waals surface area contributed by atoms with Crippen LogP contribution in [0.3, 0.4) is 0 Å². The first kappa shape index (κ1) is 17.3. The molecular weight excluding hydrogens is 256 g/mol. The van der Waals surface area contributed by atoms with Gasteiger partial charge in [0.1, 0.15) is 0 Å². The van der Waals surface area contributed by atoms with Gasteiger partial charge in [0.2, 0.25) is 0 Å². The number of piperazine rings is 1. The molecule has 1 N–H and O–H groups in total. The molecule has 0 bridgehead atoms. The highest BCUT2D eigenvalue weighted by molar-refractivity contribution is 5.01. The molecule has 124 valence electrons. The van der Waals surface area contributed by atoms with E-state index in [1.807, 2.05) is 0 Å². The molecule has 2 nitrogen and oxygen atoms in total. The number of hydrogen-bond acceptors (Lipinski definition) is 2. The fourth-order valence-corrected chi connectivity index (χ4v) is 4.10. The van der Waals surface area contributed by atoms with E-state index in [1.54, 1.807) is 0 Å². The fraction of sp³-hybridized carbons (Fsp3) is 1.00. The van der Waals surface area contributed by atoms with Gasteiger partial charge in [-0.05, 0) is 44.6 Å². The molecule has 1 atom stereocenters. The summed E-state index contributed by atoms with van der Waals surface area (Å²) in [6, 6.07) is 0.788. The maximum Gasteiger partial charge on any atom is 0.0329 e. The second kappa shape index (κ2) is 8.53.